The second kappa shape index (κ2) is 27.2. The van der Waals surface area contributed by atoms with Crippen LogP contribution in [0.3, 0.4) is 0 Å². The molecule has 0 bridgehead atoms. The van der Waals surface area contributed by atoms with Crippen molar-refractivity contribution in [2.24, 2.45) is 5.73 Å². The van der Waals surface area contributed by atoms with Crippen molar-refractivity contribution in [2.75, 3.05) is 0 Å². The van der Waals surface area contributed by atoms with Gasteiger partial charge in [-0.05, 0) is 19.3 Å². The number of hydrogen-bond donors (Lipinski definition) is 2. The fourth-order valence-electron chi connectivity index (χ4n) is 4.02. The third-order valence-electron chi connectivity index (χ3n) is 6.37. The maximum atomic E-state index is 12.0. The molecule has 0 aliphatic heterocycles. The second-order valence-corrected chi connectivity index (χ2v) is 9.94. The first-order chi connectivity index (χ1) is 17.4. The first-order valence-electron chi connectivity index (χ1n) is 14.6. The smallest absolute Gasteiger partial charge is 0.330 e. The molecule has 0 rings (SSSR count). The van der Waals surface area contributed by atoms with Gasteiger partial charge in [0.2, 0.25) is 0 Å². The molecule has 5 N–H and O–H groups in total. The first kappa shape index (κ1) is 37.4. The fourth-order valence-corrected chi connectivity index (χ4v) is 4.02. The van der Waals surface area contributed by atoms with Gasteiger partial charge in [-0.2, -0.15) is 0 Å². The number of nitrogens with two attached hydrogens (primary N) is 1. The van der Waals surface area contributed by atoms with Crippen LogP contribution in [0.2, 0.25) is 0 Å². The van der Waals surface area contributed by atoms with E-state index in [-0.39, 0.29) is 31.8 Å². The Kier molecular flexibility index (Phi) is 27.5. The summed E-state index contributed by atoms with van der Waals surface area (Å²) in [5.41, 5.74) is 5.73. The Morgan fingerprint density at radius 2 is 0.838 bits per heavy atom. The predicted molar refractivity (Wildman–Crippen MR) is 148 cm³/mol. The van der Waals surface area contributed by atoms with Crippen LogP contribution in [-0.2, 0) is 28.7 Å². The van der Waals surface area contributed by atoms with Gasteiger partial charge in [-0.15, -0.1) is 0 Å². The maximum Gasteiger partial charge on any atom is 0.330 e. The molecule has 0 saturated heterocycles. The van der Waals surface area contributed by atoms with Crippen LogP contribution in [0.5, 0.6) is 0 Å². The topological polar surface area (TPSA) is 148 Å². The normalized spacial score (nSPS) is 11.4. The van der Waals surface area contributed by atoms with Crippen molar-refractivity contribution in [2.45, 2.75) is 161 Å². The molecule has 0 aromatic heterocycles. The van der Waals surface area contributed by atoms with E-state index in [1.165, 1.54) is 77.0 Å². The van der Waals surface area contributed by atoms with Crippen LogP contribution in [0, 0.1) is 0 Å². The zero-order chi connectivity index (χ0) is 26.9. The molecule has 0 fully saturated rings. The average Bonchev–Trinajstić information content (AvgIpc) is 2.85. The Bertz CT molecular complexity index is 597. The van der Waals surface area contributed by atoms with Gasteiger partial charge in [0.15, 0.2) is 0 Å². The van der Waals surface area contributed by atoms with Gasteiger partial charge in [-0.25, -0.2) is 4.79 Å². The van der Waals surface area contributed by atoms with E-state index in [0.717, 1.165) is 25.7 Å². The quantitative estimate of drug-likeness (QED) is 0.0756. The lowest BCUT2D eigenvalue weighted by Crippen LogP contribution is -2.34. The van der Waals surface area contributed by atoms with Crippen LogP contribution in [0.4, 0.5) is 0 Å². The number of carbonyl (C=O) groups excluding carboxylic acids is 4. The molecule has 0 unspecified atom stereocenters. The molecule has 0 radical (unpaired) electrons. The molecule has 0 aliphatic rings. The zero-order valence-electron chi connectivity index (χ0n) is 23.9. The van der Waals surface area contributed by atoms with Crippen molar-refractivity contribution in [3.05, 3.63) is 0 Å². The summed E-state index contributed by atoms with van der Waals surface area (Å²) in [5.74, 6) is -2.68. The first-order valence-corrected chi connectivity index (χ1v) is 14.6. The molecule has 8 nitrogen and oxygen atoms in total. The molecule has 0 saturated carbocycles. The lowest BCUT2D eigenvalue weighted by molar-refractivity contribution is -0.160. The molecule has 0 heterocycles. The van der Waals surface area contributed by atoms with E-state index in [4.69, 9.17) is 15.2 Å². The van der Waals surface area contributed by atoms with Crippen LogP contribution < -0.4 is 11.9 Å². The number of unbranched alkanes of at least 4 members (excludes halogenated alkanes) is 16. The van der Waals surface area contributed by atoms with Crippen molar-refractivity contribution in [1.29, 1.82) is 0 Å². The molecule has 0 spiro atoms. The number of esters is 4. The standard InChI is InChI=1S/C29H53NO6.H3N/c1-3-5-7-9-11-13-15-17-19-21-26(31)35-28(33)24-23-25(30)29(34)36-27(32)22-20-18-16-14-12-10-8-6-4-2;/h25H,3-24,30H2,1-2H3;1H3/t25-;/m0./s1. The average molecular weight is 529 g/mol. The van der Waals surface area contributed by atoms with Gasteiger partial charge >= 0.3 is 23.9 Å². The second-order valence-electron chi connectivity index (χ2n) is 9.94. The summed E-state index contributed by atoms with van der Waals surface area (Å²) in [6.45, 7) is 4.40. The monoisotopic (exact) mass is 528 g/mol. The predicted octanol–water partition coefficient (Wildman–Crippen LogP) is 7.24. The van der Waals surface area contributed by atoms with Gasteiger partial charge < -0.3 is 21.4 Å². The Hall–Kier alpha value is -1.80. The molecule has 1 atom stereocenters. The summed E-state index contributed by atoms with van der Waals surface area (Å²) < 4.78 is 9.58. The van der Waals surface area contributed by atoms with Gasteiger partial charge in [-0.1, -0.05) is 117 Å². The van der Waals surface area contributed by atoms with Crippen molar-refractivity contribution in [3.63, 3.8) is 0 Å². The summed E-state index contributed by atoms with van der Waals surface area (Å²) >= 11 is 0. The number of carbonyl (C=O) groups is 4. The van der Waals surface area contributed by atoms with E-state index in [2.05, 4.69) is 13.8 Å². The lowest BCUT2D eigenvalue weighted by atomic mass is 10.1. The molecule has 0 aliphatic carbocycles. The van der Waals surface area contributed by atoms with E-state index in [0.29, 0.717) is 12.8 Å². The summed E-state index contributed by atoms with van der Waals surface area (Å²) in [6, 6.07) is -1.10. The fraction of sp³-hybridized carbons (Fsp3) is 0.862. The van der Waals surface area contributed by atoms with E-state index >= 15 is 0 Å². The summed E-state index contributed by atoms with van der Waals surface area (Å²) in [5, 5.41) is 0. The molecule has 8 heteroatoms. The Morgan fingerprint density at radius 3 is 1.24 bits per heavy atom. The van der Waals surface area contributed by atoms with Gasteiger partial charge in [-0.3, -0.25) is 14.4 Å². The minimum atomic E-state index is -1.10. The summed E-state index contributed by atoms with van der Waals surface area (Å²) in [4.78, 5) is 47.4. The van der Waals surface area contributed by atoms with E-state index in [9.17, 15) is 19.2 Å². The van der Waals surface area contributed by atoms with Crippen molar-refractivity contribution in [1.82, 2.24) is 6.15 Å². The Balaban J connectivity index is 0. The van der Waals surface area contributed by atoms with Crippen molar-refractivity contribution >= 4 is 23.9 Å². The van der Waals surface area contributed by atoms with E-state index in [1.54, 1.807) is 0 Å². The molecule has 0 aromatic carbocycles. The third kappa shape index (κ3) is 25.6. The van der Waals surface area contributed by atoms with Crippen LogP contribution in [-0.4, -0.2) is 29.9 Å². The van der Waals surface area contributed by atoms with Gasteiger partial charge in [0, 0.05) is 19.3 Å². The van der Waals surface area contributed by atoms with Gasteiger partial charge in [0.25, 0.3) is 0 Å². The highest BCUT2D eigenvalue weighted by molar-refractivity contribution is 5.89. The molecule has 37 heavy (non-hydrogen) atoms. The van der Waals surface area contributed by atoms with Crippen LogP contribution in [0.25, 0.3) is 0 Å². The SMILES string of the molecule is CCCCCCCCCCCC(=O)OC(=O)CC[C@H](N)C(=O)OC(=O)CCCCCCCCCCC.N. The highest BCUT2D eigenvalue weighted by Crippen LogP contribution is 2.12. The summed E-state index contributed by atoms with van der Waals surface area (Å²) in [6.07, 6.45) is 20.6. The maximum absolute atomic E-state index is 12.0. The van der Waals surface area contributed by atoms with E-state index in [1.807, 2.05) is 0 Å². The molecule has 0 amide bonds. The number of rotatable bonds is 24. The van der Waals surface area contributed by atoms with Gasteiger partial charge in [0.1, 0.15) is 6.04 Å². The Morgan fingerprint density at radius 1 is 0.514 bits per heavy atom. The van der Waals surface area contributed by atoms with Crippen molar-refractivity contribution in [3.8, 4) is 0 Å². The molecule has 0 aromatic rings. The van der Waals surface area contributed by atoms with Crippen molar-refractivity contribution < 1.29 is 28.7 Å². The molecular formula is C29H56N2O6. The van der Waals surface area contributed by atoms with E-state index < -0.39 is 29.9 Å². The molecular weight excluding hydrogens is 472 g/mol. The largest absolute Gasteiger partial charge is 0.393 e. The highest BCUT2D eigenvalue weighted by Gasteiger charge is 2.21. The lowest BCUT2D eigenvalue weighted by Gasteiger charge is -2.10. The van der Waals surface area contributed by atoms with Crippen LogP contribution >= 0.6 is 0 Å². The van der Waals surface area contributed by atoms with Crippen LogP contribution in [0.1, 0.15) is 155 Å². The van der Waals surface area contributed by atoms with Crippen LogP contribution in [0.15, 0.2) is 0 Å². The molecule has 218 valence electrons. The number of hydrogen-bond acceptors (Lipinski definition) is 8. The number of ether oxygens (including phenoxy) is 2. The van der Waals surface area contributed by atoms with Gasteiger partial charge in [0.05, 0.1) is 0 Å². The zero-order valence-corrected chi connectivity index (χ0v) is 23.9. The minimum Gasteiger partial charge on any atom is -0.393 e. The third-order valence-corrected chi connectivity index (χ3v) is 6.37. The Labute approximate surface area is 225 Å². The highest BCUT2D eigenvalue weighted by atomic mass is 16.6. The minimum absolute atomic E-state index is 0. The summed E-state index contributed by atoms with van der Waals surface area (Å²) in [7, 11) is 0.